The fourth-order valence-electron chi connectivity index (χ4n) is 6.42. The molecule has 0 aliphatic carbocycles. The van der Waals surface area contributed by atoms with Crippen LogP contribution in [-0.4, -0.2) is 173 Å². The van der Waals surface area contributed by atoms with Crippen LogP contribution < -0.4 is 10.6 Å². The summed E-state index contributed by atoms with van der Waals surface area (Å²) in [6.07, 6.45) is 2.84. The molecule has 3 N–H and O–H groups in total. The number of aliphatic hydroxyl groups is 1. The predicted octanol–water partition coefficient (Wildman–Crippen LogP) is 4.18. The zero-order valence-corrected chi connectivity index (χ0v) is 39.9. The first kappa shape index (κ1) is 58.1. The van der Waals surface area contributed by atoms with E-state index in [1.54, 1.807) is 24.3 Å². The van der Waals surface area contributed by atoms with E-state index < -0.39 is 17.9 Å². The van der Waals surface area contributed by atoms with Gasteiger partial charge in [0, 0.05) is 44.6 Å². The van der Waals surface area contributed by atoms with Crippen LogP contribution in [-0.2, 0) is 81.3 Å². The number of azide groups is 1. The Labute approximate surface area is 403 Å². The molecule has 0 spiro atoms. The van der Waals surface area contributed by atoms with Gasteiger partial charge in [0.15, 0.2) is 17.3 Å². The molecule has 2 atom stereocenters. The molecular weight excluding hydrogens is 883 g/mol. The van der Waals surface area contributed by atoms with E-state index in [-0.39, 0.29) is 69.8 Å². The molecule has 19 heteroatoms. The van der Waals surface area contributed by atoms with Gasteiger partial charge in [0.2, 0.25) is 5.91 Å². The molecule has 0 aromatic heterocycles. The fourth-order valence-corrected chi connectivity index (χ4v) is 6.42. The molecule has 0 saturated heterocycles. The molecule has 0 radical (unpaired) electrons. The van der Waals surface area contributed by atoms with Gasteiger partial charge in [-0.15, -0.1) is 0 Å². The lowest BCUT2D eigenvalue weighted by atomic mass is 9.92. The lowest BCUT2D eigenvalue weighted by Crippen LogP contribution is -2.45. The third-order valence-electron chi connectivity index (χ3n) is 10.0. The van der Waals surface area contributed by atoms with Gasteiger partial charge in [-0.3, -0.25) is 19.2 Å². The Morgan fingerprint density at radius 1 is 0.647 bits per heavy atom. The number of carbonyl (C=O) groups excluding carboxylic acids is 4. The van der Waals surface area contributed by atoms with Gasteiger partial charge in [-0.05, 0) is 67.4 Å². The van der Waals surface area contributed by atoms with Crippen LogP contribution in [0.15, 0.2) is 59.7 Å². The number of ketones is 3. The summed E-state index contributed by atoms with van der Waals surface area (Å²) < 4.78 is 56.4. The third kappa shape index (κ3) is 33.3. The molecule has 0 fully saturated rings. The van der Waals surface area contributed by atoms with Crippen LogP contribution >= 0.6 is 0 Å². The van der Waals surface area contributed by atoms with Crippen molar-refractivity contribution >= 4 is 23.3 Å². The number of hydrogen-bond acceptors (Lipinski definition) is 16. The summed E-state index contributed by atoms with van der Waals surface area (Å²) in [6.45, 7) is 8.02. The molecule has 2 aromatic rings. The Hall–Kier alpha value is -4.21. The molecule has 68 heavy (non-hydrogen) atoms. The second-order valence-electron chi connectivity index (χ2n) is 15.5. The number of benzene rings is 2. The normalized spacial score (nSPS) is 12.3. The van der Waals surface area contributed by atoms with Crippen molar-refractivity contribution < 1.29 is 68.3 Å². The molecule has 0 heterocycles. The molecule has 1 amide bonds. The van der Waals surface area contributed by atoms with Crippen LogP contribution in [0.25, 0.3) is 10.4 Å². The highest BCUT2D eigenvalue weighted by molar-refractivity contribution is 5.93. The minimum absolute atomic E-state index is 0.102. The number of carbonyl (C=O) groups is 4. The molecule has 0 saturated carbocycles. The van der Waals surface area contributed by atoms with Crippen LogP contribution in [0.4, 0.5) is 0 Å². The largest absolute Gasteiger partial charge is 0.392 e. The topological polar surface area (TPSA) is 244 Å². The van der Waals surface area contributed by atoms with Crippen LogP contribution in [0, 0.1) is 5.92 Å². The van der Waals surface area contributed by atoms with Gasteiger partial charge in [0.25, 0.3) is 0 Å². The number of Topliss-reactive ketones (excluding diaryl/α,β-unsaturated/α-hetero) is 3. The highest BCUT2D eigenvalue weighted by Gasteiger charge is 2.27. The van der Waals surface area contributed by atoms with Crippen molar-refractivity contribution in [1.29, 1.82) is 0 Å². The van der Waals surface area contributed by atoms with Gasteiger partial charge >= 0.3 is 0 Å². The maximum atomic E-state index is 13.9. The van der Waals surface area contributed by atoms with Crippen LogP contribution in [0.5, 0.6) is 0 Å². The summed E-state index contributed by atoms with van der Waals surface area (Å²) in [5.41, 5.74) is 10.6. The van der Waals surface area contributed by atoms with E-state index in [1.807, 2.05) is 30.3 Å². The Balaban J connectivity index is 1.55. The van der Waals surface area contributed by atoms with Gasteiger partial charge in [0.05, 0.1) is 112 Å². The van der Waals surface area contributed by atoms with Crippen molar-refractivity contribution in [2.75, 3.05) is 139 Å². The summed E-state index contributed by atoms with van der Waals surface area (Å²) in [5.74, 6) is -1.80. The lowest BCUT2D eigenvalue weighted by molar-refractivity contribution is -0.134. The summed E-state index contributed by atoms with van der Waals surface area (Å²) in [7, 11) is 0. The Bertz CT molecular complexity index is 1660. The zero-order valence-electron chi connectivity index (χ0n) is 40.9. The average molecular weight is 962 g/mol. The smallest absolute Gasteiger partial charge is 0.224 e. The second kappa shape index (κ2) is 42.9. The highest BCUT2D eigenvalue weighted by Crippen LogP contribution is 2.16. The van der Waals surface area contributed by atoms with E-state index in [2.05, 4.69) is 20.7 Å². The third-order valence-corrected chi connectivity index (χ3v) is 10.0. The van der Waals surface area contributed by atoms with Crippen LogP contribution in [0.1, 0.15) is 63.5 Å². The molecule has 0 aliphatic rings. The first-order valence-corrected chi connectivity index (χ1v) is 23.7. The van der Waals surface area contributed by atoms with Crippen molar-refractivity contribution in [1.82, 2.24) is 10.6 Å². The number of hydrogen-bond donors (Lipinski definition) is 3. The van der Waals surface area contributed by atoms with E-state index >= 15 is 0 Å². The molecule has 2 rings (SSSR count). The summed E-state index contributed by atoms with van der Waals surface area (Å²) >= 11 is 0. The van der Waals surface area contributed by atoms with Crippen molar-refractivity contribution in [3.05, 3.63) is 81.7 Å². The number of aliphatic hydroxyl groups excluding tert-OH is 1. The Kier molecular flexibility index (Phi) is 36.6. The number of amides is 1. The van der Waals surface area contributed by atoms with E-state index in [0.29, 0.717) is 145 Å². The summed E-state index contributed by atoms with van der Waals surface area (Å²) in [6, 6.07) is 15.7. The second-order valence-corrected chi connectivity index (χ2v) is 15.5. The number of nitrogens with zero attached hydrogens (tertiary/aromatic N) is 3. The monoisotopic (exact) mass is 962 g/mol. The zero-order chi connectivity index (χ0) is 49.7. The van der Waals surface area contributed by atoms with Crippen molar-refractivity contribution in [2.45, 2.75) is 70.9 Å². The van der Waals surface area contributed by atoms with E-state index in [9.17, 15) is 24.3 Å². The maximum Gasteiger partial charge on any atom is 0.224 e. The highest BCUT2D eigenvalue weighted by atomic mass is 16.6. The Morgan fingerprint density at radius 3 is 1.72 bits per heavy atom. The van der Waals surface area contributed by atoms with Gasteiger partial charge in [-0.2, -0.15) is 0 Å². The summed E-state index contributed by atoms with van der Waals surface area (Å²) in [5, 5.41) is 18.9. The van der Waals surface area contributed by atoms with Gasteiger partial charge < -0.3 is 58.4 Å². The minimum Gasteiger partial charge on any atom is -0.392 e. The van der Waals surface area contributed by atoms with Crippen molar-refractivity contribution in [3.63, 3.8) is 0 Å². The average Bonchev–Trinajstić information content (AvgIpc) is 3.35. The lowest BCUT2D eigenvalue weighted by Gasteiger charge is -2.22. The number of nitrogens with one attached hydrogen (secondary N) is 2. The molecule has 0 bridgehead atoms. The molecular formula is C49H77N5O14. The van der Waals surface area contributed by atoms with E-state index in [0.717, 1.165) is 23.1 Å². The molecule has 2 aromatic carbocycles. The maximum absolute atomic E-state index is 13.9. The van der Waals surface area contributed by atoms with E-state index in [1.165, 1.54) is 0 Å². The van der Waals surface area contributed by atoms with Gasteiger partial charge in [-0.25, -0.2) is 0 Å². The standard InChI is InChI=1S/C49H77N5O14/c1-2-51-17-7-6-12-47(48(58)36-42-13-15-43(38-55)16-14-42)53-49(59)44(35-41-9-4-3-5-10-41)37-46(57)40-68-39-45(56)11-8-19-60-21-23-62-25-27-64-29-31-66-33-34-67-32-30-65-28-26-63-24-22-61-20-18-52-54-50/h3-5,9-10,13-16,44,47,51,55H,2,6-8,11-12,17-40H2,1H3,(H,53,59)/i1T. The number of ether oxygens (including phenoxy) is 9. The molecule has 0 aliphatic heterocycles. The molecule has 19 nitrogen and oxygen atoms in total. The predicted molar refractivity (Wildman–Crippen MR) is 254 cm³/mol. The summed E-state index contributed by atoms with van der Waals surface area (Å²) in [4.78, 5) is 55.7. The van der Waals surface area contributed by atoms with E-state index in [4.69, 9.17) is 49.5 Å². The minimum atomic E-state index is -0.765. The van der Waals surface area contributed by atoms with Crippen LogP contribution in [0.3, 0.4) is 0 Å². The van der Waals surface area contributed by atoms with Gasteiger partial charge in [-0.1, -0.05) is 66.6 Å². The van der Waals surface area contributed by atoms with Crippen LogP contribution in [0.2, 0.25) is 0 Å². The number of rotatable bonds is 48. The fraction of sp³-hybridized carbons (Fsp3) is 0.673. The van der Waals surface area contributed by atoms with Crippen molar-refractivity contribution in [3.8, 4) is 0 Å². The molecule has 382 valence electrons. The Morgan fingerprint density at radius 2 is 1.18 bits per heavy atom. The first-order chi connectivity index (χ1) is 33.9. The van der Waals surface area contributed by atoms with Crippen molar-refractivity contribution in [2.24, 2.45) is 11.0 Å². The quantitative estimate of drug-likeness (QED) is 0.0365. The number of unbranched alkanes of at least 4 members (excludes halogenated alkanes) is 1. The SMILES string of the molecule is [3H]CCNCCCCC(NC(=O)C(CC(=O)COCC(=O)CCCOCCOCCOCCOCCOCCOCCOCCOCCN=[N+]=[N-])Cc1ccccc1)C(=O)Cc1ccc(CO)cc1. The molecule has 2 unspecified atom stereocenters. The van der Waals surface area contributed by atoms with Gasteiger partial charge in [0.1, 0.15) is 13.2 Å². The first-order valence-electron chi connectivity index (χ1n) is 24.4.